The summed E-state index contributed by atoms with van der Waals surface area (Å²) in [5, 5.41) is 2.64. The number of hydrogen-bond acceptors (Lipinski definition) is 3. The lowest BCUT2D eigenvalue weighted by Gasteiger charge is -2.01. The third-order valence-corrected chi connectivity index (χ3v) is 1.57. The van der Waals surface area contributed by atoms with E-state index >= 15 is 0 Å². The minimum absolute atomic E-state index is 0.118. The smallest absolute Gasteiger partial charge is 0.220 e. The molecule has 0 saturated carbocycles. The molecule has 0 bridgehead atoms. The lowest BCUT2D eigenvalue weighted by atomic mass is 10.3. The predicted molar refractivity (Wildman–Crippen MR) is 49.9 cm³/mol. The molecule has 4 nitrogen and oxygen atoms in total. The van der Waals surface area contributed by atoms with Crippen LogP contribution in [0.3, 0.4) is 0 Å². The molecule has 0 saturated heterocycles. The van der Waals surface area contributed by atoms with Crippen LogP contribution in [0.5, 0.6) is 0 Å². The van der Waals surface area contributed by atoms with Gasteiger partial charge in [-0.25, -0.2) is 0 Å². The molecule has 0 radical (unpaired) electrons. The van der Waals surface area contributed by atoms with Crippen molar-refractivity contribution < 1.29 is 9.59 Å². The van der Waals surface area contributed by atoms with Gasteiger partial charge in [0.25, 0.3) is 0 Å². The zero-order valence-electron chi connectivity index (χ0n) is 6.88. The van der Waals surface area contributed by atoms with Gasteiger partial charge < -0.3 is 11.1 Å². The number of amides is 2. The average Bonchev–Trinajstić information content (AvgIpc) is 2.01. The third-order valence-electron chi connectivity index (χ3n) is 1.26. The normalized spacial score (nSPS) is 9.42. The average molecular weight is 190 g/mol. The van der Waals surface area contributed by atoms with Crippen LogP contribution in [0.2, 0.25) is 0 Å². The molecule has 5 heteroatoms. The molecule has 0 unspecified atom stereocenters. The molecule has 0 heterocycles. The van der Waals surface area contributed by atoms with Crippen molar-refractivity contribution in [3.05, 3.63) is 0 Å². The summed E-state index contributed by atoms with van der Waals surface area (Å²) >= 11 is 3.98. The van der Waals surface area contributed by atoms with Gasteiger partial charge in [0.1, 0.15) is 0 Å². The van der Waals surface area contributed by atoms with Gasteiger partial charge in [-0.2, -0.15) is 12.6 Å². The van der Waals surface area contributed by atoms with Crippen molar-refractivity contribution >= 4 is 24.4 Å². The van der Waals surface area contributed by atoms with Crippen LogP contribution in [0.1, 0.15) is 19.3 Å². The summed E-state index contributed by atoms with van der Waals surface area (Å²) in [5.74, 6) is 0.172. The first-order chi connectivity index (χ1) is 5.66. The molecule has 2 amide bonds. The topological polar surface area (TPSA) is 72.2 Å². The molecule has 0 atom stereocenters. The summed E-state index contributed by atoms with van der Waals surface area (Å²) in [6.45, 7) is 0.612. The summed E-state index contributed by atoms with van der Waals surface area (Å²) < 4.78 is 0. The van der Waals surface area contributed by atoms with Gasteiger partial charge in [0.2, 0.25) is 11.8 Å². The van der Waals surface area contributed by atoms with E-state index in [-0.39, 0.29) is 18.7 Å². The lowest BCUT2D eigenvalue weighted by molar-refractivity contribution is -0.125. The van der Waals surface area contributed by atoms with Crippen molar-refractivity contribution in [2.45, 2.75) is 19.3 Å². The van der Waals surface area contributed by atoms with Crippen molar-refractivity contribution in [3.8, 4) is 0 Å². The van der Waals surface area contributed by atoms with Crippen molar-refractivity contribution in [2.75, 3.05) is 12.3 Å². The molecule has 0 rings (SSSR count). The fourth-order valence-electron chi connectivity index (χ4n) is 0.632. The third kappa shape index (κ3) is 7.40. The Kier molecular flexibility index (Phi) is 6.55. The van der Waals surface area contributed by atoms with Gasteiger partial charge in [0.15, 0.2) is 0 Å². The number of thiol groups is 1. The van der Waals surface area contributed by atoms with Crippen LogP contribution in [0.15, 0.2) is 0 Å². The second-order valence-corrected chi connectivity index (χ2v) is 2.84. The number of nitrogens with two attached hydrogens (primary N) is 1. The van der Waals surface area contributed by atoms with E-state index in [1.54, 1.807) is 0 Å². The zero-order valence-corrected chi connectivity index (χ0v) is 7.77. The first-order valence-electron chi connectivity index (χ1n) is 3.82. The van der Waals surface area contributed by atoms with Crippen LogP contribution in [-0.2, 0) is 9.59 Å². The van der Waals surface area contributed by atoms with Crippen molar-refractivity contribution in [1.82, 2.24) is 5.32 Å². The molecule has 0 spiro atoms. The van der Waals surface area contributed by atoms with Crippen molar-refractivity contribution in [1.29, 1.82) is 0 Å². The molecule has 0 aliphatic heterocycles. The Morgan fingerprint density at radius 2 is 2.00 bits per heavy atom. The Labute approximate surface area is 77.3 Å². The first-order valence-corrected chi connectivity index (χ1v) is 4.46. The lowest BCUT2D eigenvalue weighted by Crippen LogP contribution is -2.26. The Hall–Kier alpha value is -0.710. The van der Waals surface area contributed by atoms with Crippen molar-refractivity contribution in [2.24, 2.45) is 5.73 Å². The van der Waals surface area contributed by atoms with Gasteiger partial charge >= 0.3 is 0 Å². The molecule has 0 aromatic carbocycles. The van der Waals surface area contributed by atoms with E-state index in [9.17, 15) is 9.59 Å². The summed E-state index contributed by atoms with van der Waals surface area (Å²) in [6.07, 6.45) is 1.14. The predicted octanol–water partition coefficient (Wildman–Crippen LogP) is -0.312. The monoisotopic (exact) mass is 190 g/mol. The van der Waals surface area contributed by atoms with Gasteiger partial charge in [-0.05, 0) is 12.2 Å². The van der Waals surface area contributed by atoms with Crippen LogP contribution in [-0.4, -0.2) is 24.1 Å². The van der Waals surface area contributed by atoms with E-state index < -0.39 is 5.91 Å². The number of hydrogen-bond donors (Lipinski definition) is 3. The molecule has 0 aliphatic rings. The number of carbonyl (C=O) groups excluding carboxylic acids is 2. The molecule has 70 valence electrons. The largest absolute Gasteiger partial charge is 0.370 e. The summed E-state index contributed by atoms with van der Waals surface area (Å²) in [4.78, 5) is 21.1. The highest BCUT2D eigenvalue weighted by Gasteiger charge is 2.01. The van der Waals surface area contributed by atoms with Gasteiger partial charge in [-0.15, -0.1) is 0 Å². The highest BCUT2D eigenvalue weighted by molar-refractivity contribution is 7.80. The van der Waals surface area contributed by atoms with Gasteiger partial charge in [0, 0.05) is 19.4 Å². The Bertz CT molecular complexity index is 161. The molecule has 0 fully saturated rings. The van der Waals surface area contributed by atoms with Crippen LogP contribution < -0.4 is 11.1 Å². The maximum atomic E-state index is 10.9. The van der Waals surface area contributed by atoms with Gasteiger partial charge in [-0.1, -0.05) is 0 Å². The van der Waals surface area contributed by atoms with E-state index in [2.05, 4.69) is 17.9 Å². The summed E-state index contributed by atoms with van der Waals surface area (Å²) in [6, 6.07) is 0. The van der Waals surface area contributed by atoms with E-state index in [0.717, 1.165) is 12.2 Å². The standard InChI is InChI=1S/C7H14N2O2S/c8-6(10)2-3-7(11)9-4-1-5-12/h12H,1-5H2,(H2,8,10)(H,9,11). The van der Waals surface area contributed by atoms with E-state index in [4.69, 9.17) is 5.73 Å². The Balaban J connectivity index is 3.28. The minimum Gasteiger partial charge on any atom is -0.370 e. The molecule has 3 N–H and O–H groups in total. The van der Waals surface area contributed by atoms with Crippen molar-refractivity contribution in [3.63, 3.8) is 0 Å². The van der Waals surface area contributed by atoms with Crippen LogP contribution in [0.4, 0.5) is 0 Å². The SMILES string of the molecule is NC(=O)CCC(=O)NCCCS. The number of primary amides is 1. The van der Waals surface area contributed by atoms with Gasteiger partial charge in [0.05, 0.1) is 0 Å². The number of nitrogens with one attached hydrogen (secondary N) is 1. The van der Waals surface area contributed by atoms with E-state index in [1.807, 2.05) is 0 Å². The molecular formula is C7H14N2O2S. The van der Waals surface area contributed by atoms with E-state index in [1.165, 1.54) is 0 Å². The summed E-state index contributed by atoms with van der Waals surface area (Å²) in [7, 11) is 0. The van der Waals surface area contributed by atoms with Gasteiger partial charge in [-0.3, -0.25) is 9.59 Å². The molecule has 0 aromatic rings. The fraction of sp³-hybridized carbons (Fsp3) is 0.714. The van der Waals surface area contributed by atoms with Crippen LogP contribution in [0.25, 0.3) is 0 Å². The fourth-order valence-corrected chi connectivity index (χ4v) is 0.790. The second kappa shape index (κ2) is 6.97. The minimum atomic E-state index is -0.445. The maximum Gasteiger partial charge on any atom is 0.220 e. The zero-order chi connectivity index (χ0) is 9.40. The quantitative estimate of drug-likeness (QED) is 0.397. The maximum absolute atomic E-state index is 10.9. The Morgan fingerprint density at radius 3 is 2.50 bits per heavy atom. The molecule has 0 aliphatic carbocycles. The highest BCUT2D eigenvalue weighted by Crippen LogP contribution is 1.87. The molecule has 0 aromatic heterocycles. The number of carbonyl (C=O) groups is 2. The molecule has 12 heavy (non-hydrogen) atoms. The van der Waals surface area contributed by atoms with E-state index in [0.29, 0.717) is 6.54 Å². The highest BCUT2D eigenvalue weighted by atomic mass is 32.1. The Morgan fingerprint density at radius 1 is 1.33 bits per heavy atom. The second-order valence-electron chi connectivity index (χ2n) is 2.39. The van der Waals surface area contributed by atoms with Crippen LogP contribution >= 0.6 is 12.6 Å². The molecular weight excluding hydrogens is 176 g/mol. The summed E-state index contributed by atoms with van der Waals surface area (Å²) in [5.41, 5.74) is 4.86. The number of rotatable bonds is 6. The van der Waals surface area contributed by atoms with Crippen LogP contribution in [0, 0.1) is 0 Å². The first kappa shape index (κ1) is 11.3.